The van der Waals surface area contributed by atoms with E-state index in [4.69, 9.17) is 0 Å². The van der Waals surface area contributed by atoms with Crippen molar-refractivity contribution in [2.24, 2.45) is 13.0 Å². The zero-order valence-electron chi connectivity index (χ0n) is 13.9. The van der Waals surface area contributed by atoms with Crippen LogP contribution in [0.2, 0.25) is 0 Å². The molecule has 0 radical (unpaired) electrons. The van der Waals surface area contributed by atoms with Crippen molar-refractivity contribution in [2.75, 3.05) is 6.54 Å². The van der Waals surface area contributed by atoms with Crippen LogP contribution in [0, 0.1) is 11.7 Å². The van der Waals surface area contributed by atoms with Crippen LogP contribution >= 0.6 is 0 Å². The lowest BCUT2D eigenvalue weighted by atomic mass is 9.85. The lowest BCUT2D eigenvalue weighted by molar-refractivity contribution is -0.152. The minimum atomic E-state index is -0.933. The normalized spacial score (nSPS) is 20.7. The van der Waals surface area contributed by atoms with Crippen molar-refractivity contribution in [3.8, 4) is 0 Å². The topological polar surface area (TPSA) is 75.4 Å². The number of carboxylic acid groups (broad SMARTS) is 1. The molecule has 6 nitrogen and oxygen atoms in total. The van der Waals surface area contributed by atoms with E-state index in [1.165, 1.54) is 6.07 Å². The molecule has 0 aliphatic carbocycles. The Morgan fingerprint density at radius 2 is 2.16 bits per heavy atom. The van der Waals surface area contributed by atoms with Crippen LogP contribution in [0.4, 0.5) is 4.39 Å². The van der Waals surface area contributed by atoms with Crippen molar-refractivity contribution >= 4 is 11.9 Å². The molecule has 2 atom stereocenters. The van der Waals surface area contributed by atoms with E-state index in [1.807, 2.05) is 0 Å². The average molecular weight is 345 g/mol. The van der Waals surface area contributed by atoms with Crippen molar-refractivity contribution in [3.63, 3.8) is 0 Å². The number of piperidine rings is 1. The maximum atomic E-state index is 13.9. The zero-order valence-corrected chi connectivity index (χ0v) is 13.9. The molecular weight excluding hydrogens is 325 g/mol. The third kappa shape index (κ3) is 3.55. The van der Waals surface area contributed by atoms with Crippen molar-refractivity contribution in [1.82, 2.24) is 14.7 Å². The number of carbonyl (C=O) groups is 2. The van der Waals surface area contributed by atoms with Crippen LogP contribution in [0.25, 0.3) is 0 Å². The Balaban J connectivity index is 1.88. The first-order valence-electron chi connectivity index (χ1n) is 8.21. The van der Waals surface area contributed by atoms with E-state index < -0.39 is 17.9 Å². The van der Waals surface area contributed by atoms with Gasteiger partial charge in [-0.3, -0.25) is 14.3 Å². The fourth-order valence-electron chi connectivity index (χ4n) is 3.42. The third-order valence-electron chi connectivity index (χ3n) is 4.67. The number of aliphatic carboxylic acids is 1. The van der Waals surface area contributed by atoms with Crippen LogP contribution in [0.5, 0.6) is 0 Å². The van der Waals surface area contributed by atoms with Crippen LogP contribution < -0.4 is 0 Å². The van der Waals surface area contributed by atoms with Gasteiger partial charge in [0.2, 0.25) is 5.91 Å². The van der Waals surface area contributed by atoms with Crippen LogP contribution in [0.3, 0.4) is 0 Å². The SMILES string of the molecule is Cn1cc([C@H]2[C@H](C(=O)O)CCC(=O)N2CCc2ccccc2F)cn1. The predicted octanol–water partition coefficient (Wildman–Crippen LogP) is 2.17. The Morgan fingerprint density at radius 1 is 1.40 bits per heavy atom. The molecule has 2 aromatic rings. The number of aryl methyl sites for hydroxylation is 1. The standard InChI is InChI=1S/C18H20FN3O3/c1-21-11-13(10-20-21)17-14(18(24)25)6-7-16(23)22(17)9-8-12-4-2-3-5-15(12)19/h2-5,10-11,14,17H,6-9H2,1H3,(H,24,25)/t14-,17+/m1/s1. The van der Waals surface area contributed by atoms with Crippen LogP contribution in [-0.4, -0.2) is 38.2 Å². The molecule has 1 aliphatic rings. The molecule has 132 valence electrons. The fourth-order valence-corrected chi connectivity index (χ4v) is 3.42. The van der Waals surface area contributed by atoms with Crippen molar-refractivity contribution in [2.45, 2.75) is 25.3 Å². The molecule has 25 heavy (non-hydrogen) atoms. The second-order valence-corrected chi connectivity index (χ2v) is 6.30. The minimum absolute atomic E-state index is 0.109. The number of rotatable bonds is 5. The second-order valence-electron chi connectivity index (χ2n) is 6.30. The second kappa shape index (κ2) is 7.04. The third-order valence-corrected chi connectivity index (χ3v) is 4.67. The lowest BCUT2D eigenvalue weighted by Crippen LogP contribution is -2.46. The van der Waals surface area contributed by atoms with E-state index in [0.29, 0.717) is 24.0 Å². The van der Waals surface area contributed by atoms with Gasteiger partial charge in [-0.15, -0.1) is 0 Å². The molecule has 1 aliphatic heterocycles. The van der Waals surface area contributed by atoms with Gasteiger partial charge in [0, 0.05) is 31.8 Å². The highest BCUT2D eigenvalue weighted by Crippen LogP contribution is 2.36. The van der Waals surface area contributed by atoms with Gasteiger partial charge < -0.3 is 10.0 Å². The van der Waals surface area contributed by atoms with Gasteiger partial charge in [-0.05, 0) is 24.5 Å². The number of hydrogen-bond donors (Lipinski definition) is 1. The van der Waals surface area contributed by atoms with Crippen LogP contribution in [0.15, 0.2) is 36.7 Å². The molecule has 0 saturated carbocycles. The molecule has 1 aromatic carbocycles. The first kappa shape index (κ1) is 17.1. The maximum Gasteiger partial charge on any atom is 0.308 e. The lowest BCUT2D eigenvalue weighted by Gasteiger charge is -2.39. The van der Waals surface area contributed by atoms with Gasteiger partial charge in [0.05, 0.1) is 18.2 Å². The number of amides is 1. The largest absolute Gasteiger partial charge is 0.481 e. The summed E-state index contributed by atoms with van der Waals surface area (Å²) in [5.74, 6) is -2.05. The zero-order chi connectivity index (χ0) is 18.0. The summed E-state index contributed by atoms with van der Waals surface area (Å²) in [6.07, 6.45) is 4.14. The molecule has 2 heterocycles. The molecular formula is C18H20FN3O3. The highest BCUT2D eigenvalue weighted by molar-refractivity contribution is 5.81. The Kier molecular flexibility index (Phi) is 4.83. The molecule has 1 amide bonds. The summed E-state index contributed by atoms with van der Waals surface area (Å²) < 4.78 is 15.4. The Labute approximate surface area is 144 Å². The predicted molar refractivity (Wildman–Crippen MR) is 88.1 cm³/mol. The number of carbonyl (C=O) groups excluding carboxylic acids is 1. The number of hydrogen-bond acceptors (Lipinski definition) is 3. The molecule has 3 rings (SSSR count). The smallest absolute Gasteiger partial charge is 0.308 e. The number of benzene rings is 1. The summed E-state index contributed by atoms with van der Waals surface area (Å²) in [4.78, 5) is 25.7. The molecule has 0 bridgehead atoms. The van der Waals surface area contributed by atoms with E-state index in [0.717, 1.165) is 0 Å². The molecule has 7 heteroatoms. The summed E-state index contributed by atoms with van der Waals surface area (Å²) in [5, 5.41) is 13.7. The number of nitrogens with zero attached hydrogens (tertiary/aromatic N) is 3. The molecule has 1 saturated heterocycles. The van der Waals surface area contributed by atoms with E-state index in [9.17, 15) is 19.1 Å². The summed E-state index contributed by atoms with van der Waals surface area (Å²) in [6.45, 7) is 0.267. The van der Waals surface area contributed by atoms with Crippen molar-refractivity contribution < 1.29 is 19.1 Å². The summed E-state index contributed by atoms with van der Waals surface area (Å²) in [6, 6.07) is 5.83. The Morgan fingerprint density at radius 3 is 2.80 bits per heavy atom. The van der Waals surface area contributed by atoms with Gasteiger partial charge in [-0.25, -0.2) is 4.39 Å². The Bertz CT molecular complexity index is 789. The molecule has 1 N–H and O–H groups in total. The fraction of sp³-hybridized carbons (Fsp3) is 0.389. The highest BCUT2D eigenvalue weighted by Gasteiger charge is 2.41. The van der Waals surface area contributed by atoms with Gasteiger partial charge in [0.25, 0.3) is 0 Å². The van der Waals surface area contributed by atoms with Crippen LogP contribution in [-0.2, 0) is 23.1 Å². The van der Waals surface area contributed by atoms with E-state index in [1.54, 1.807) is 47.2 Å². The van der Waals surface area contributed by atoms with Gasteiger partial charge in [0.15, 0.2) is 0 Å². The molecule has 0 spiro atoms. The highest BCUT2D eigenvalue weighted by atomic mass is 19.1. The quantitative estimate of drug-likeness (QED) is 0.901. The summed E-state index contributed by atoms with van der Waals surface area (Å²) in [7, 11) is 1.74. The van der Waals surface area contributed by atoms with Gasteiger partial charge in [-0.1, -0.05) is 18.2 Å². The van der Waals surface area contributed by atoms with Gasteiger partial charge in [-0.2, -0.15) is 5.10 Å². The minimum Gasteiger partial charge on any atom is -0.481 e. The maximum absolute atomic E-state index is 13.9. The molecule has 1 fully saturated rings. The number of likely N-dealkylation sites (tertiary alicyclic amines) is 1. The first-order chi connectivity index (χ1) is 12.0. The van der Waals surface area contributed by atoms with E-state index >= 15 is 0 Å². The van der Waals surface area contributed by atoms with Gasteiger partial charge >= 0.3 is 5.97 Å². The monoisotopic (exact) mass is 345 g/mol. The van der Waals surface area contributed by atoms with E-state index in [2.05, 4.69) is 5.10 Å². The number of halogens is 1. The van der Waals surface area contributed by atoms with Crippen molar-refractivity contribution in [1.29, 1.82) is 0 Å². The van der Waals surface area contributed by atoms with Crippen molar-refractivity contribution in [3.05, 3.63) is 53.6 Å². The Hall–Kier alpha value is -2.70. The van der Waals surface area contributed by atoms with E-state index in [-0.39, 0.29) is 24.7 Å². The average Bonchev–Trinajstić information content (AvgIpc) is 3.00. The summed E-state index contributed by atoms with van der Waals surface area (Å²) >= 11 is 0. The number of carboxylic acids is 1. The number of aromatic nitrogens is 2. The van der Waals surface area contributed by atoms with Crippen LogP contribution in [0.1, 0.15) is 30.0 Å². The molecule has 1 aromatic heterocycles. The van der Waals surface area contributed by atoms with Gasteiger partial charge in [0.1, 0.15) is 5.82 Å². The first-order valence-corrected chi connectivity index (χ1v) is 8.21. The summed E-state index contributed by atoms with van der Waals surface area (Å²) in [5.41, 5.74) is 1.20. The molecule has 0 unspecified atom stereocenters.